The SMILES string of the molecule is C[SiH](C)[Hf+2]([CH]1C=Cc2ccccc21)[CH]1C=Cc2cc3c(cc21)CCC3.[Cl-].[Cl-]. The maximum absolute atomic E-state index is 2.63. The molecule has 0 aromatic heterocycles. The third kappa shape index (κ3) is 3.63. The number of rotatable bonds is 3. The zero-order valence-electron chi connectivity index (χ0n) is 15.9. The summed E-state index contributed by atoms with van der Waals surface area (Å²) in [7, 11) is 0. The van der Waals surface area contributed by atoms with Crippen molar-refractivity contribution in [3.8, 4) is 0 Å². The van der Waals surface area contributed by atoms with E-state index in [9.17, 15) is 0 Å². The first kappa shape index (κ1) is 21.3. The van der Waals surface area contributed by atoms with Crippen LogP contribution in [0, 0.1) is 0 Å². The number of halogens is 2. The molecule has 2 unspecified atom stereocenters. The van der Waals surface area contributed by atoms with Gasteiger partial charge in [-0.15, -0.1) is 0 Å². The molecule has 0 spiro atoms. The first-order chi connectivity index (χ1) is 12.2. The zero-order chi connectivity index (χ0) is 17.0. The van der Waals surface area contributed by atoms with Crippen LogP contribution in [-0.4, -0.2) is 5.98 Å². The average molecular weight is 579 g/mol. The van der Waals surface area contributed by atoms with Crippen molar-refractivity contribution in [2.75, 3.05) is 0 Å². The van der Waals surface area contributed by atoms with Gasteiger partial charge in [-0.2, -0.15) is 0 Å². The molecule has 0 radical (unpaired) electrons. The molecule has 0 saturated heterocycles. The molecule has 27 heavy (non-hydrogen) atoms. The molecule has 139 valence electrons. The molecule has 3 aliphatic carbocycles. The Morgan fingerprint density at radius 2 is 1.44 bits per heavy atom. The van der Waals surface area contributed by atoms with E-state index < -0.39 is 26.6 Å². The maximum Gasteiger partial charge on any atom is -1.00 e. The summed E-state index contributed by atoms with van der Waals surface area (Å²) in [6.07, 6.45) is 14.0. The Kier molecular flexibility index (Phi) is 6.73. The third-order valence-electron chi connectivity index (χ3n) is 6.28. The summed E-state index contributed by atoms with van der Waals surface area (Å²) >= 11 is -1.86. The standard InChI is InChI=1S/C12H11.C9H7.C2H7Si.2ClH.Hf/c1-3-9-7-11-5-2-6-12(11)8-10(9)4-1;1-2-5-9-7-3-6-8(9)4-1;1-3-2;;;/h1,3-4,7-8H,2,5-6H2;1-7H;3H,1-2H3;2*1H;/q;;;;;+2/p-2. The van der Waals surface area contributed by atoms with Crippen LogP contribution >= 0.6 is 0 Å². The summed E-state index contributed by atoms with van der Waals surface area (Å²) in [4.78, 5) is 0. The van der Waals surface area contributed by atoms with E-state index in [2.05, 4.69) is 73.8 Å². The van der Waals surface area contributed by atoms with Crippen LogP contribution in [0.5, 0.6) is 0 Å². The minimum atomic E-state index is -1.86. The number of benzene rings is 2. The molecule has 0 heterocycles. The largest absolute Gasteiger partial charge is 1.00 e. The van der Waals surface area contributed by atoms with Gasteiger partial charge in [0.15, 0.2) is 0 Å². The summed E-state index contributed by atoms with van der Waals surface area (Å²) in [6, 6.07) is 14.3. The number of fused-ring (bicyclic) bond motifs is 3. The van der Waals surface area contributed by atoms with Crippen LogP contribution in [0.15, 0.2) is 48.6 Å². The van der Waals surface area contributed by atoms with Crippen molar-refractivity contribution in [1.29, 1.82) is 0 Å². The second-order valence-electron chi connectivity index (χ2n) is 8.06. The molecule has 0 bridgehead atoms. The van der Waals surface area contributed by atoms with Gasteiger partial charge in [0.1, 0.15) is 0 Å². The van der Waals surface area contributed by atoms with Crippen LogP contribution in [0.3, 0.4) is 0 Å². The fourth-order valence-corrected chi connectivity index (χ4v) is 34.9. The Morgan fingerprint density at radius 3 is 2.19 bits per heavy atom. The summed E-state index contributed by atoms with van der Waals surface area (Å²) in [5, 5.41) is 0. The van der Waals surface area contributed by atoms with Gasteiger partial charge in [-0.3, -0.25) is 0 Å². The van der Waals surface area contributed by atoms with E-state index in [4.69, 9.17) is 0 Å². The maximum atomic E-state index is 2.63. The van der Waals surface area contributed by atoms with E-state index in [1.807, 2.05) is 0 Å². The molecular weight excluding hydrogens is 554 g/mol. The van der Waals surface area contributed by atoms with Crippen LogP contribution in [0.1, 0.15) is 47.2 Å². The molecule has 0 saturated carbocycles. The monoisotopic (exact) mass is 579 g/mol. The quantitative estimate of drug-likeness (QED) is 0.436. The molecule has 4 heteroatoms. The van der Waals surface area contributed by atoms with E-state index in [0.717, 1.165) is 7.35 Å². The van der Waals surface area contributed by atoms with Gasteiger partial charge in [-0.05, 0) is 0 Å². The molecule has 5 rings (SSSR count). The van der Waals surface area contributed by atoms with Gasteiger partial charge in [0.05, 0.1) is 0 Å². The topological polar surface area (TPSA) is 0 Å². The van der Waals surface area contributed by atoms with E-state index >= 15 is 0 Å². The molecule has 2 aromatic carbocycles. The predicted octanol–water partition coefficient (Wildman–Crippen LogP) is -0.379. The van der Waals surface area contributed by atoms with Crippen LogP contribution in [0.4, 0.5) is 0 Å². The summed E-state index contributed by atoms with van der Waals surface area (Å²) in [5.41, 5.74) is 9.68. The van der Waals surface area contributed by atoms with Crippen molar-refractivity contribution in [3.63, 3.8) is 0 Å². The number of allylic oxidation sites excluding steroid dienone is 2. The normalized spacial score (nSPS) is 20.7. The summed E-state index contributed by atoms with van der Waals surface area (Å²) < 4.78 is 1.63. The number of hydrogen-bond acceptors (Lipinski definition) is 0. The Labute approximate surface area is 184 Å². The second kappa shape index (κ2) is 8.53. The van der Waals surface area contributed by atoms with Gasteiger partial charge in [0, 0.05) is 0 Å². The van der Waals surface area contributed by atoms with E-state index in [1.165, 1.54) is 24.8 Å². The minimum absolute atomic E-state index is 0. The van der Waals surface area contributed by atoms with Gasteiger partial charge in [0.2, 0.25) is 0 Å². The first-order valence-corrected chi connectivity index (χ1v) is 23.0. The average Bonchev–Trinajstić information content (AvgIpc) is 3.32. The fraction of sp³-hybridized carbons (Fsp3) is 0.304. The van der Waals surface area contributed by atoms with E-state index in [-0.39, 0.29) is 24.8 Å². The smallest absolute Gasteiger partial charge is 1.00 e. The summed E-state index contributed by atoms with van der Waals surface area (Å²) in [6.45, 7) is 5.27. The Balaban J connectivity index is 0.00000105. The van der Waals surface area contributed by atoms with Gasteiger partial charge in [-0.1, -0.05) is 0 Å². The molecule has 2 atom stereocenters. The molecule has 0 aliphatic heterocycles. The van der Waals surface area contributed by atoms with Crippen molar-refractivity contribution in [3.05, 3.63) is 81.9 Å². The molecule has 0 nitrogen and oxygen atoms in total. The molecule has 3 aliphatic rings. The van der Waals surface area contributed by atoms with Gasteiger partial charge >= 0.3 is 160 Å². The molecular formula is C23H25Cl2HfSi. The molecule has 0 N–H and O–H groups in total. The Morgan fingerprint density at radius 1 is 0.815 bits per heavy atom. The van der Waals surface area contributed by atoms with Crippen molar-refractivity contribution < 1.29 is 45.4 Å². The van der Waals surface area contributed by atoms with Gasteiger partial charge in [0.25, 0.3) is 0 Å². The second-order valence-corrected chi connectivity index (χ2v) is 36.3. The van der Waals surface area contributed by atoms with E-state index in [0.29, 0.717) is 0 Å². The molecule has 0 fully saturated rings. The van der Waals surface area contributed by atoms with Crippen molar-refractivity contribution in [2.24, 2.45) is 0 Å². The summed E-state index contributed by atoms with van der Waals surface area (Å²) in [5.74, 6) is -0.620. The van der Waals surface area contributed by atoms with Crippen molar-refractivity contribution in [1.82, 2.24) is 0 Å². The predicted molar refractivity (Wildman–Crippen MR) is 107 cm³/mol. The van der Waals surface area contributed by atoms with Crippen molar-refractivity contribution >= 4 is 18.1 Å². The van der Waals surface area contributed by atoms with Crippen LogP contribution < -0.4 is 24.8 Å². The van der Waals surface area contributed by atoms with Crippen LogP contribution in [0.25, 0.3) is 12.2 Å². The molecule has 0 amide bonds. The molecule has 2 aromatic rings. The first-order valence-electron chi connectivity index (χ1n) is 9.70. The Bertz CT molecular complexity index is 903. The van der Waals surface area contributed by atoms with Gasteiger partial charge in [-0.25, -0.2) is 0 Å². The van der Waals surface area contributed by atoms with Crippen LogP contribution in [0.2, 0.25) is 13.1 Å². The minimum Gasteiger partial charge on any atom is -1.00 e. The van der Waals surface area contributed by atoms with Crippen molar-refractivity contribution in [2.45, 2.75) is 39.7 Å². The Hall–Kier alpha value is -0.413. The fourth-order valence-electron chi connectivity index (χ4n) is 5.12. The zero-order valence-corrected chi connectivity index (χ0v) is 22.1. The number of aryl methyl sites for hydroxylation is 2. The van der Waals surface area contributed by atoms with Gasteiger partial charge < -0.3 is 24.8 Å². The van der Waals surface area contributed by atoms with Crippen LogP contribution in [-0.2, 0) is 33.4 Å². The van der Waals surface area contributed by atoms with E-state index in [1.54, 1.807) is 27.8 Å². The number of hydrogen-bond donors (Lipinski definition) is 0. The third-order valence-corrected chi connectivity index (χ3v) is 36.6.